The maximum atomic E-state index is 5.55. The molecule has 17 heavy (non-hydrogen) atoms. The summed E-state index contributed by atoms with van der Waals surface area (Å²) < 4.78 is 10.8. The lowest BCUT2D eigenvalue weighted by atomic mass is 10.1. The van der Waals surface area contributed by atoms with Crippen molar-refractivity contribution in [1.82, 2.24) is 0 Å². The van der Waals surface area contributed by atoms with E-state index in [0.29, 0.717) is 6.61 Å². The number of ether oxygens (including phenoxy) is 2. The molecule has 0 aliphatic heterocycles. The SMILES string of the molecule is CCOc1cc(C=C(CC)CBr)ccc1OC. The van der Waals surface area contributed by atoms with Crippen molar-refractivity contribution in [1.29, 1.82) is 0 Å². The summed E-state index contributed by atoms with van der Waals surface area (Å²) in [5, 5.41) is 0.902. The first-order valence-corrected chi connectivity index (χ1v) is 6.93. The molecule has 0 N–H and O–H groups in total. The molecule has 0 fully saturated rings. The smallest absolute Gasteiger partial charge is 0.161 e. The highest BCUT2D eigenvalue weighted by Crippen LogP contribution is 2.29. The van der Waals surface area contributed by atoms with Crippen molar-refractivity contribution in [2.24, 2.45) is 0 Å². The van der Waals surface area contributed by atoms with E-state index in [1.54, 1.807) is 7.11 Å². The van der Waals surface area contributed by atoms with Crippen LogP contribution in [0.2, 0.25) is 0 Å². The van der Waals surface area contributed by atoms with Gasteiger partial charge in [-0.25, -0.2) is 0 Å². The lowest BCUT2D eigenvalue weighted by Gasteiger charge is -2.10. The summed E-state index contributed by atoms with van der Waals surface area (Å²) in [4.78, 5) is 0. The van der Waals surface area contributed by atoms with Gasteiger partial charge >= 0.3 is 0 Å². The summed E-state index contributed by atoms with van der Waals surface area (Å²) in [6.07, 6.45) is 3.22. The fourth-order valence-corrected chi connectivity index (χ4v) is 2.08. The van der Waals surface area contributed by atoms with Gasteiger partial charge in [-0.15, -0.1) is 0 Å². The van der Waals surface area contributed by atoms with Crippen molar-refractivity contribution in [3.8, 4) is 11.5 Å². The van der Waals surface area contributed by atoms with E-state index in [1.807, 2.05) is 25.1 Å². The van der Waals surface area contributed by atoms with E-state index in [0.717, 1.165) is 28.8 Å². The Labute approximate surface area is 112 Å². The van der Waals surface area contributed by atoms with Gasteiger partial charge in [-0.3, -0.25) is 0 Å². The van der Waals surface area contributed by atoms with Crippen LogP contribution in [0.5, 0.6) is 11.5 Å². The normalized spacial score (nSPS) is 11.4. The Bertz CT molecular complexity index is 380. The van der Waals surface area contributed by atoms with Gasteiger partial charge in [-0.1, -0.05) is 40.6 Å². The van der Waals surface area contributed by atoms with Crippen LogP contribution in [0.1, 0.15) is 25.8 Å². The zero-order chi connectivity index (χ0) is 12.7. The van der Waals surface area contributed by atoms with Gasteiger partial charge in [-0.05, 0) is 31.0 Å². The molecular weight excluding hydrogens is 280 g/mol. The molecule has 0 saturated heterocycles. The first-order valence-electron chi connectivity index (χ1n) is 5.81. The predicted molar refractivity (Wildman–Crippen MR) is 76.2 cm³/mol. The molecule has 0 saturated carbocycles. The zero-order valence-electron chi connectivity index (χ0n) is 10.6. The lowest BCUT2D eigenvalue weighted by molar-refractivity contribution is 0.311. The summed E-state index contributed by atoms with van der Waals surface area (Å²) in [6, 6.07) is 6.00. The average Bonchev–Trinajstić information content (AvgIpc) is 2.36. The molecule has 0 amide bonds. The van der Waals surface area contributed by atoms with Crippen LogP contribution in [0.15, 0.2) is 23.8 Å². The molecule has 0 atom stereocenters. The molecule has 1 aromatic rings. The number of rotatable bonds is 6. The van der Waals surface area contributed by atoms with Gasteiger partial charge in [-0.2, -0.15) is 0 Å². The highest BCUT2D eigenvalue weighted by atomic mass is 79.9. The number of methoxy groups -OCH3 is 1. The summed E-state index contributed by atoms with van der Waals surface area (Å²) in [5.41, 5.74) is 2.50. The van der Waals surface area contributed by atoms with Gasteiger partial charge in [0, 0.05) is 5.33 Å². The molecule has 0 aliphatic carbocycles. The summed E-state index contributed by atoms with van der Waals surface area (Å²) >= 11 is 3.49. The fraction of sp³-hybridized carbons (Fsp3) is 0.429. The van der Waals surface area contributed by atoms with Crippen LogP contribution in [0.4, 0.5) is 0 Å². The Morgan fingerprint density at radius 3 is 2.59 bits per heavy atom. The van der Waals surface area contributed by atoms with E-state index in [-0.39, 0.29) is 0 Å². The summed E-state index contributed by atoms with van der Waals surface area (Å²) in [5.74, 6) is 1.58. The molecule has 0 aliphatic rings. The topological polar surface area (TPSA) is 18.5 Å². The van der Waals surface area contributed by atoms with E-state index in [2.05, 4.69) is 28.9 Å². The Morgan fingerprint density at radius 2 is 2.06 bits per heavy atom. The molecule has 0 heterocycles. The zero-order valence-corrected chi connectivity index (χ0v) is 12.2. The maximum absolute atomic E-state index is 5.55. The molecule has 94 valence electrons. The van der Waals surface area contributed by atoms with Crippen molar-refractivity contribution in [3.05, 3.63) is 29.3 Å². The Morgan fingerprint density at radius 1 is 1.29 bits per heavy atom. The number of allylic oxidation sites excluding steroid dienone is 1. The third-order valence-corrected chi connectivity index (χ3v) is 3.20. The van der Waals surface area contributed by atoms with Gasteiger partial charge in [0.15, 0.2) is 11.5 Å². The van der Waals surface area contributed by atoms with Gasteiger partial charge in [0.2, 0.25) is 0 Å². The van der Waals surface area contributed by atoms with Crippen LogP contribution in [0, 0.1) is 0 Å². The first kappa shape index (κ1) is 14.1. The number of hydrogen-bond donors (Lipinski definition) is 0. The second-order valence-electron chi connectivity index (χ2n) is 3.63. The molecule has 0 bridgehead atoms. The van der Waals surface area contributed by atoms with E-state index in [9.17, 15) is 0 Å². The highest BCUT2D eigenvalue weighted by Gasteiger charge is 2.04. The van der Waals surface area contributed by atoms with Crippen molar-refractivity contribution < 1.29 is 9.47 Å². The molecule has 2 nitrogen and oxygen atoms in total. The van der Waals surface area contributed by atoms with Crippen LogP contribution in [-0.4, -0.2) is 19.0 Å². The van der Waals surface area contributed by atoms with Crippen molar-refractivity contribution in [2.45, 2.75) is 20.3 Å². The Balaban J connectivity index is 3.02. The largest absolute Gasteiger partial charge is 0.493 e. The third-order valence-electron chi connectivity index (χ3n) is 2.48. The van der Waals surface area contributed by atoms with Crippen LogP contribution in [-0.2, 0) is 0 Å². The summed E-state index contributed by atoms with van der Waals surface area (Å²) in [7, 11) is 1.66. The molecule has 3 heteroatoms. The van der Waals surface area contributed by atoms with Crippen molar-refractivity contribution in [2.75, 3.05) is 19.0 Å². The van der Waals surface area contributed by atoms with Gasteiger partial charge in [0.05, 0.1) is 13.7 Å². The second-order valence-corrected chi connectivity index (χ2v) is 4.19. The molecular formula is C14H19BrO2. The first-order chi connectivity index (χ1) is 8.24. The van der Waals surface area contributed by atoms with Crippen molar-refractivity contribution >= 4 is 22.0 Å². The maximum Gasteiger partial charge on any atom is 0.161 e. The molecule has 0 spiro atoms. The van der Waals surface area contributed by atoms with Gasteiger partial charge in [0.1, 0.15) is 0 Å². The second kappa shape index (κ2) is 7.38. The number of halogens is 1. The van der Waals surface area contributed by atoms with E-state index >= 15 is 0 Å². The molecule has 0 unspecified atom stereocenters. The minimum absolute atomic E-state index is 0.641. The quantitative estimate of drug-likeness (QED) is 0.730. The lowest BCUT2D eigenvalue weighted by Crippen LogP contribution is -1.95. The molecule has 0 radical (unpaired) electrons. The minimum atomic E-state index is 0.641. The number of alkyl halides is 1. The van der Waals surface area contributed by atoms with Crippen LogP contribution in [0.25, 0.3) is 6.08 Å². The van der Waals surface area contributed by atoms with Crippen LogP contribution < -0.4 is 9.47 Å². The van der Waals surface area contributed by atoms with Gasteiger partial charge < -0.3 is 9.47 Å². The minimum Gasteiger partial charge on any atom is -0.493 e. The Hall–Kier alpha value is -0.960. The van der Waals surface area contributed by atoms with E-state index in [4.69, 9.17) is 9.47 Å². The third kappa shape index (κ3) is 4.08. The molecule has 0 aromatic heterocycles. The average molecular weight is 299 g/mol. The molecule has 1 aromatic carbocycles. The van der Waals surface area contributed by atoms with E-state index < -0.39 is 0 Å². The Kier molecular flexibility index (Phi) is 6.12. The fourth-order valence-electron chi connectivity index (χ4n) is 1.52. The van der Waals surface area contributed by atoms with Crippen molar-refractivity contribution in [3.63, 3.8) is 0 Å². The monoisotopic (exact) mass is 298 g/mol. The predicted octanol–water partition coefficient (Wildman–Crippen LogP) is 4.28. The summed E-state index contributed by atoms with van der Waals surface area (Å²) in [6.45, 7) is 4.76. The molecule has 1 rings (SSSR count). The standard InChI is InChI=1S/C14H19BrO2/c1-4-11(10-15)8-12-6-7-13(16-3)14(9-12)17-5-2/h6-9H,4-5,10H2,1-3H3. The number of hydrogen-bond acceptors (Lipinski definition) is 2. The van der Waals surface area contributed by atoms with Crippen LogP contribution >= 0.6 is 15.9 Å². The van der Waals surface area contributed by atoms with Crippen LogP contribution in [0.3, 0.4) is 0 Å². The van der Waals surface area contributed by atoms with Gasteiger partial charge in [0.25, 0.3) is 0 Å². The highest BCUT2D eigenvalue weighted by molar-refractivity contribution is 9.09. The van der Waals surface area contributed by atoms with E-state index in [1.165, 1.54) is 5.57 Å². The number of benzene rings is 1.